The second-order valence-electron chi connectivity index (χ2n) is 3.22. The summed E-state index contributed by atoms with van der Waals surface area (Å²) in [5.41, 5.74) is 0. The molecule has 6 nitrogen and oxygen atoms in total. The zero-order valence-electron chi connectivity index (χ0n) is 14.3. The van der Waals surface area contributed by atoms with E-state index in [1.165, 1.54) is 0 Å². The van der Waals surface area contributed by atoms with Gasteiger partial charge in [0.1, 0.15) is 0 Å². The van der Waals surface area contributed by atoms with Crippen LogP contribution >= 0.6 is 26.7 Å². The summed E-state index contributed by atoms with van der Waals surface area (Å²) in [4.78, 5) is 17.3. The Balaban J connectivity index is -0.000000263. The van der Waals surface area contributed by atoms with Crippen molar-refractivity contribution in [3.8, 4) is 0 Å². The summed E-state index contributed by atoms with van der Waals surface area (Å²) in [5.74, 6) is 0. The molecule has 0 aliphatic carbocycles. The van der Waals surface area contributed by atoms with E-state index in [0.29, 0.717) is 26.4 Å². The zero-order valence-corrected chi connectivity index (χ0v) is 18.4. The normalized spacial score (nSPS) is 9.29. The standard InChI is InChI=1S/C6H5.2C4H11O3P.ClH.Pd/c1-2-4-6-5-3-1;2*1-3-6-8(5)7-4-2;;/h1-5H;2*5H,3-4H2,1-2H3;1H;/q-1;;;;+2/p-1. The maximum atomic E-state index is 8.67. The van der Waals surface area contributed by atoms with Crippen LogP contribution in [0.25, 0.3) is 0 Å². The molecule has 0 unspecified atom stereocenters. The average Bonchev–Trinajstić information content (AvgIpc) is 2.60. The fourth-order valence-corrected chi connectivity index (χ4v) is 1.89. The topological polar surface area (TPSA) is 77.4 Å². The third-order valence-electron chi connectivity index (χ3n) is 1.57. The minimum atomic E-state index is -1.58. The molecular weight excluding hydrogens is 468 g/mol. The van der Waals surface area contributed by atoms with Crippen LogP contribution in [0.2, 0.25) is 0 Å². The molecule has 1 aromatic rings. The minimum absolute atomic E-state index is 0.502. The molecule has 0 aliphatic rings. The number of halogens is 1. The minimum Gasteiger partial charge on any atom is -0.184 e. The maximum absolute atomic E-state index is 8.67. The van der Waals surface area contributed by atoms with Gasteiger partial charge in [0.25, 0.3) is 0 Å². The van der Waals surface area contributed by atoms with E-state index in [1.54, 1.807) is 0 Å². The fourth-order valence-electron chi connectivity index (χ4n) is 0.858. The molecule has 0 radical (unpaired) electrons. The molecule has 0 aromatic heterocycles. The van der Waals surface area contributed by atoms with Gasteiger partial charge < -0.3 is 27.9 Å². The summed E-state index contributed by atoms with van der Waals surface area (Å²) < 4.78 is 18.7. The van der Waals surface area contributed by atoms with Gasteiger partial charge in [0.05, 0.1) is 26.4 Å². The molecule has 0 bridgehead atoms. The van der Waals surface area contributed by atoms with Crippen molar-refractivity contribution in [2.24, 2.45) is 0 Å². The Labute approximate surface area is 163 Å². The van der Waals surface area contributed by atoms with Gasteiger partial charge in [-0.3, -0.25) is 0 Å². The molecule has 0 saturated carbocycles. The van der Waals surface area contributed by atoms with Gasteiger partial charge in [0.15, 0.2) is 0 Å². The number of benzene rings is 1. The molecule has 0 heterocycles. The van der Waals surface area contributed by atoms with Gasteiger partial charge in [-0.1, -0.05) is 0 Å². The first-order valence-electron chi connectivity index (χ1n) is 7.14. The Morgan fingerprint density at radius 2 is 1.04 bits per heavy atom. The molecule has 0 atom stereocenters. The van der Waals surface area contributed by atoms with E-state index in [-0.39, 0.29) is 0 Å². The molecule has 146 valence electrons. The van der Waals surface area contributed by atoms with Gasteiger partial charge in [0, 0.05) is 0 Å². The second-order valence-corrected chi connectivity index (χ2v) is 5.21. The van der Waals surface area contributed by atoms with Crippen molar-refractivity contribution in [1.29, 1.82) is 0 Å². The van der Waals surface area contributed by atoms with E-state index in [4.69, 9.17) is 9.79 Å². The monoisotopic (exact) mass is 494 g/mol. The third-order valence-corrected chi connectivity index (χ3v) is 3.48. The van der Waals surface area contributed by atoms with Crippen LogP contribution in [0, 0.1) is 6.07 Å². The Kier molecular flexibility index (Phi) is 35.2. The van der Waals surface area contributed by atoms with Crippen LogP contribution in [0.4, 0.5) is 0 Å². The first-order valence-corrected chi connectivity index (χ1v) is 11.4. The van der Waals surface area contributed by atoms with E-state index in [2.05, 4.69) is 51.9 Å². The quantitative estimate of drug-likeness (QED) is 0.309. The summed E-state index contributed by atoms with van der Waals surface area (Å²) in [7, 11) is 1.33. The van der Waals surface area contributed by atoms with E-state index in [1.807, 2.05) is 58.0 Å². The summed E-state index contributed by atoms with van der Waals surface area (Å²) >= 11 is 2.22. The van der Waals surface area contributed by atoms with Crippen LogP contribution in [0.1, 0.15) is 27.7 Å². The summed E-state index contributed by atoms with van der Waals surface area (Å²) in [6, 6.07) is 12.5. The fraction of sp³-hybridized carbons (Fsp3) is 0.571. The number of rotatable bonds is 8. The van der Waals surface area contributed by atoms with Crippen molar-refractivity contribution in [2.45, 2.75) is 27.7 Å². The summed E-state index contributed by atoms with van der Waals surface area (Å²) in [5, 5.41) is 0. The van der Waals surface area contributed by atoms with Crippen LogP contribution in [0.15, 0.2) is 30.3 Å². The van der Waals surface area contributed by atoms with Crippen LogP contribution in [-0.4, -0.2) is 36.2 Å². The molecule has 0 saturated heterocycles. The van der Waals surface area contributed by atoms with Gasteiger partial charge in [-0.2, -0.15) is 36.4 Å². The molecule has 2 N–H and O–H groups in total. The molecule has 0 fully saturated rings. The van der Waals surface area contributed by atoms with Crippen LogP contribution in [0.5, 0.6) is 0 Å². The predicted molar refractivity (Wildman–Crippen MR) is 95.9 cm³/mol. The zero-order chi connectivity index (χ0) is 19.1. The number of hydrogen-bond donors (Lipinski definition) is 2. The van der Waals surface area contributed by atoms with E-state index < -0.39 is 17.2 Å². The summed E-state index contributed by atoms with van der Waals surface area (Å²) in [6.07, 6.45) is 0. The van der Waals surface area contributed by atoms with E-state index in [0.717, 1.165) is 0 Å². The molecule has 1 rings (SSSR count). The molecule has 0 amide bonds. The molecule has 0 aliphatic heterocycles. The van der Waals surface area contributed by atoms with Crippen molar-refractivity contribution >= 4 is 26.7 Å². The third kappa shape index (κ3) is 30.7. The van der Waals surface area contributed by atoms with Crippen LogP contribution in [0.3, 0.4) is 0 Å². The van der Waals surface area contributed by atoms with Crippen molar-refractivity contribution in [1.82, 2.24) is 0 Å². The first kappa shape index (κ1) is 29.6. The molecular formula is C14H27ClO6P2Pd. The Morgan fingerprint density at radius 1 is 0.750 bits per heavy atom. The predicted octanol–water partition coefficient (Wildman–Crippen LogP) is 4.73. The SMILES string of the molecule is CCOP(O)OCC.CCOP(O)OCC.[Cl][Pd+].[c-]1ccccc1. The molecule has 24 heavy (non-hydrogen) atoms. The molecule has 0 spiro atoms. The van der Waals surface area contributed by atoms with Crippen LogP contribution < -0.4 is 0 Å². The van der Waals surface area contributed by atoms with Gasteiger partial charge in [-0.05, 0) is 27.7 Å². The maximum Gasteiger partial charge on any atom is -0.171 e. The smallest absolute Gasteiger partial charge is 0.171 e. The first-order chi connectivity index (χ1) is 11.6. The molecule has 1 aromatic carbocycles. The molecule has 10 heteroatoms. The van der Waals surface area contributed by atoms with Crippen molar-refractivity contribution in [3.63, 3.8) is 0 Å². The van der Waals surface area contributed by atoms with E-state index in [9.17, 15) is 0 Å². The van der Waals surface area contributed by atoms with Gasteiger partial charge in [0.2, 0.25) is 0 Å². The average molecular weight is 495 g/mol. The van der Waals surface area contributed by atoms with Crippen molar-refractivity contribution < 1.29 is 46.1 Å². The summed E-state index contributed by atoms with van der Waals surface area (Å²) in [6.45, 7) is 9.25. The van der Waals surface area contributed by atoms with Gasteiger partial charge in [-0.25, -0.2) is 0 Å². The van der Waals surface area contributed by atoms with Gasteiger partial charge in [-0.15, -0.1) is 0 Å². The van der Waals surface area contributed by atoms with Crippen molar-refractivity contribution in [2.75, 3.05) is 26.4 Å². The van der Waals surface area contributed by atoms with Crippen molar-refractivity contribution in [3.05, 3.63) is 36.4 Å². The van der Waals surface area contributed by atoms with E-state index >= 15 is 0 Å². The largest absolute Gasteiger partial charge is 0.184 e. The number of hydrogen-bond acceptors (Lipinski definition) is 6. The van der Waals surface area contributed by atoms with Crippen LogP contribution in [-0.2, 0) is 36.3 Å². The Morgan fingerprint density at radius 3 is 1.17 bits per heavy atom. The Bertz CT molecular complexity index is 251. The van der Waals surface area contributed by atoms with Gasteiger partial charge >= 0.3 is 44.9 Å². The Hall–Kier alpha value is 0.792. The second kappa shape index (κ2) is 28.6.